The van der Waals surface area contributed by atoms with Gasteiger partial charge < -0.3 is 29.9 Å². The topological polar surface area (TPSA) is 170 Å². The van der Waals surface area contributed by atoms with E-state index in [-0.39, 0.29) is 29.4 Å². The molecule has 2 aromatic rings. The molecule has 2 aromatic heterocycles. The number of methoxy groups -OCH3 is 1. The average molecular weight is 434 g/mol. The van der Waals surface area contributed by atoms with E-state index >= 15 is 0 Å². The van der Waals surface area contributed by atoms with Gasteiger partial charge in [-0.1, -0.05) is 0 Å². The van der Waals surface area contributed by atoms with Crippen LogP contribution in [0.3, 0.4) is 0 Å². The number of carboxylic acid groups (broad SMARTS) is 1. The number of carbonyl (C=O) groups excluding carboxylic acids is 3. The highest BCUT2D eigenvalue weighted by Crippen LogP contribution is 2.15. The molecule has 0 aliphatic heterocycles. The number of aliphatic carboxylic acids is 1. The summed E-state index contributed by atoms with van der Waals surface area (Å²) in [4.78, 5) is 54.0. The zero-order valence-electron chi connectivity index (χ0n) is 17.1. The zero-order chi connectivity index (χ0) is 23.6. The van der Waals surface area contributed by atoms with Crippen LogP contribution < -0.4 is 0 Å². The van der Waals surface area contributed by atoms with Gasteiger partial charge in [0.2, 0.25) is 0 Å². The highest BCUT2D eigenvalue weighted by molar-refractivity contribution is 5.96. The van der Waals surface area contributed by atoms with E-state index in [1.807, 2.05) is 0 Å². The van der Waals surface area contributed by atoms with Crippen molar-refractivity contribution in [2.75, 3.05) is 34.3 Å². The molecule has 0 atom stereocenters. The Labute approximate surface area is 177 Å². The van der Waals surface area contributed by atoms with Gasteiger partial charge in [-0.05, 0) is 24.3 Å². The van der Waals surface area contributed by atoms with Gasteiger partial charge in [-0.25, -0.2) is 9.97 Å². The standard InChI is InChI=1S/C10H12N2O4.C9H10N2O4/c1-12(6-8(14)16-2)10(15)9-7(13)4-3-5-11-9;1-11(5-7(13)14)9(15)8-6(12)3-2-4-10-8/h3-5,13H,6H2,1-2H3;2-4,12H,5H2,1H3,(H,13,14). The second-order valence-corrected chi connectivity index (χ2v) is 6.03. The molecule has 0 spiro atoms. The molecule has 12 nitrogen and oxygen atoms in total. The predicted molar refractivity (Wildman–Crippen MR) is 105 cm³/mol. The molecular formula is C19H22N4O8. The van der Waals surface area contributed by atoms with Crippen LogP contribution in [0.1, 0.15) is 21.0 Å². The summed E-state index contributed by atoms with van der Waals surface area (Å²) in [6.07, 6.45) is 2.74. The number of pyridine rings is 2. The number of esters is 1. The Morgan fingerprint density at radius 2 is 1.29 bits per heavy atom. The minimum absolute atomic E-state index is 0.0890. The van der Waals surface area contributed by atoms with Gasteiger partial charge in [-0.2, -0.15) is 0 Å². The molecule has 0 aliphatic carbocycles. The van der Waals surface area contributed by atoms with Gasteiger partial charge in [0.25, 0.3) is 11.8 Å². The maximum atomic E-state index is 11.7. The molecule has 0 aliphatic rings. The third kappa shape index (κ3) is 7.61. The van der Waals surface area contributed by atoms with Crippen LogP contribution in [0.25, 0.3) is 0 Å². The quantitative estimate of drug-likeness (QED) is 0.525. The van der Waals surface area contributed by atoms with Gasteiger partial charge in [-0.15, -0.1) is 0 Å². The maximum Gasteiger partial charge on any atom is 0.325 e. The Balaban J connectivity index is 0.000000311. The monoisotopic (exact) mass is 434 g/mol. The molecule has 12 heteroatoms. The van der Waals surface area contributed by atoms with Crippen molar-refractivity contribution < 1.29 is 39.2 Å². The third-order valence-corrected chi connectivity index (χ3v) is 3.64. The SMILES string of the molecule is CN(CC(=O)O)C(=O)c1ncccc1O.COC(=O)CN(C)C(=O)c1ncccc1O. The first-order valence-corrected chi connectivity index (χ1v) is 8.66. The summed E-state index contributed by atoms with van der Waals surface area (Å²) < 4.78 is 4.42. The lowest BCUT2D eigenvalue weighted by Crippen LogP contribution is -2.33. The van der Waals surface area contributed by atoms with E-state index < -0.39 is 30.3 Å². The number of aromatic hydroxyl groups is 2. The molecule has 3 N–H and O–H groups in total. The first-order valence-electron chi connectivity index (χ1n) is 8.66. The summed E-state index contributed by atoms with van der Waals surface area (Å²) in [5.41, 5.74) is -0.241. The van der Waals surface area contributed by atoms with Crippen molar-refractivity contribution in [1.29, 1.82) is 0 Å². The van der Waals surface area contributed by atoms with Gasteiger partial charge in [0.05, 0.1) is 7.11 Å². The fourth-order valence-corrected chi connectivity index (χ4v) is 2.09. The summed E-state index contributed by atoms with van der Waals surface area (Å²) in [5, 5.41) is 27.2. The number of rotatable bonds is 6. The highest BCUT2D eigenvalue weighted by Gasteiger charge is 2.19. The molecule has 2 rings (SSSR count). The lowest BCUT2D eigenvalue weighted by molar-refractivity contribution is -0.141. The Kier molecular flexibility index (Phi) is 9.37. The van der Waals surface area contributed by atoms with Gasteiger partial charge in [0, 0.05) is 26.5 Å². The van der Waals surface area contributed by atoms with Crippen LogP contribution in [-0.2, 0) is 14.3 Å². The van der Waals surface area contributed by atoms with Crippen LogP contribution in [0, 0.1) is 0 Å². The minimum Gasteiger partial charge on any atom is -0.505 e. The van der Waals surface area contributed by atoms with Crippen molar-refractivity contribution in [3.05, 3.63) is 48.0 Å². The van der Waals surface area contributed by atoms with Crippen molar-refractivity contribution in [3.63, 3.8) is 0 Å². The Morgan fingerprint density at radius 3 is 1.65 bits per heavy atom. The van der Waals surface area contributed by atoms with Crippen molar-refractivity contribution in [3.8, 4) is 11.5 Å². The lowest BCUT2D eigenvalue weighted by Gasteiger charge is -2.15. The molecule has 166 valence electrons. The van der Waals surface area contributed by atoms with Crippen molar-refractivity contribution in [2.24, 2.45) is 0 Å². The molecule has 0 fully saturated rings. The van der Waals surface area contributed by atoms with Gasteiger partial charge in [-0.3, -0.25) is 19.2 Å². The number of ether oxygens (including phenoxy) is 1. The maximum absolute atomic E-state index is 11.7. The Morgan fingerprint density at radius 1 is 0.871 bits per heavy atom. The number of hydrogen-bond donors (Lipinski definition) is 3. The summed E-state index contributed by atoms with van der Waals surface area (Å²) in [5.74, 6) is -3.31. The molecule has 0 radical (unpaired) electrons. The second-order valence-electron chi connectivity index (χ2n) is 6.03. The largest absolute Gasteiger partial charge is 0.505 e. The van der Waals surface area contributed by atoms with Crippen molar-refractivity contribution >= 4 is 23.8 Å². The summed E-state index contributed by atoms with van der Waals surface area (Å²) in [7, 11) is 3.98. The fraction of sp³-hybridized carbons (Fsp3) is 0.263. The van der Waals surface area contributed by atoms with Crippen LogP contribution >= 0.6 is 0 Å². The van der Waals surface area contributed by atoms with Gasteiger partial charge in [0.1, 0.15) is 24.6 Å². The van der Waals surface area contributed by atoms with E-state index in [0.717, 1.165) is 9.80 Å². The molecule has 2 heterocycles. The Hall–Kier alpha value is -4.22. The smallest absolute Gasteiger partial charge is 0.325 e. The number of aromatic nitrogens is 2. The van der Waals surface area contributed by atoms with Crippen LogP contribution in [0.2, 0.25) is 0 Å². The van der Waals surface area contributed by atoms with Crippen LogP contribution in [-0.4, -0.2) is 93.1 Å². The molecule has 0 unspecified atom stereocenters. The van der Waals surface area contributed by atoms with Crippen LogP contribution in [0.15, 0.2) is 36.7 Å². The predicted octanol–water partition coefficient (Wildman–Crippen LogP) is -0.0240. The number of carboxylic acids is 1. The number of carbonyl (C=O) groups is 4. The van der Waals surface area contributed by atoms with Crippen molar-refractivity contribution in [1.82, 2.24) is 19.8 Å². The van der Waals surface area contributed by atoms with E-state index in [1.54, 1.807) is 0 Å². The highest BCUT2D eigenvalue weighted by atomic mass is 16.5. The molecular weight excluding hydrogens is 412 g/mol. The fourth-order valence-electron chi connectivity index (χ4n) is 2.09. The number of hydrogen-bond acceptors (Lipinski definition) is 9. The molecule has 0 aromatic carbocycles. The van der Waals surface area contributed by atoms with Gasteiger partial charge in [0.15, 0.2) is 11.4 Å². The van der Waals surface area contributed by atoms with E-state index in [1.165, 1.54) is 57.9 Å². The zero-order valence-corrected chi connectivity index (χ0v) is 17.1. The first kappa shape index (κ1) is 24.8. The lowest BCUT2D eigenvalue weighted by atomic mass is 10.3. The first-order chi connectivity index (χ1) is 14.6. The van der Waals surface area contributed by atoms with Crippen molar-refractivity contribution in [2.45, 2.75) is 0 Å². The minimum atomic E-state index is -1.12. The van der Waals surface area contributed by atoms with Gasteiger partial charge >= 0.3 is 11.9 Å². The molecule has 0 saturated heterocycles. The number of nitrogens with zero attached hydrogens (tertiary/aromatic N) is 4. The number of amides is 2. The Bertz CT molecular complexity index is 950. The second kappa shape index (κ2) is 11.7. The van der Waals surface area contributed by atoms with E-state index in [2.05, 4.69) is 14.7 Å². The molecule has 0 saturated carbocycles. The molecule has 2 amide bonds. The van der Waals surface area contributed by atoms with E-state index in [9.17, 15) is 29.4 Å². The molecule has 0 bridgehead atoms. The normalized spacial score (nSPS) is 9.65. The van der Waals surface area contributed by atoms with E-state index in [0.29, 0.717) is 0 Å². The third-order valence-electron chi connectivity index (χ3n) is 3.64. The number of likely N-dealkylation sites (N-methyl/N-ethyl adjacent to an activating group) is 2. The summed E-state index contributed by atoms with van der Waals surface area (Å²) >= 11 is 0. The average Bonchev–Trinajstić information content (AvgIpc) is 2.73. The molecule has 31 heavy (non-hydrogen) atoms. The summed E-state index contributed by atoms with van der Waals surface area (Å²) in [6, 6.07) is 5.65. The van der Waals surface area contributed by atoms with Crippen LogP contribution in [0.4, 0.5) is 0 Å². The van der Waals surface area contributed by atoms with E-state index in [4.69, 9.17) is 5.11 Å². The van der Waals surface area contributed by atoms with Crippen LogP contribution in [0.5, 0.6) is 11.5 Å². The summed E-state index contributed by atoms with van der Waals surface area (Å²) in [6.45, 7) is -0.625.